The van der Waals surface area contributed by atoms with Gasteiger partial charge >= 0.3 is 0 Å². The molecule has 2 N–H and O–H groups in total. The largest absolute Gasteiger partial charge is 0.308 e. The van der Waals surface area contributed by atoms with Crippen molar-refractivity contribution in [2.45, 2.75) is 12.2 Å². The number of carbonyl (C=O) groups is 1. The number of carbonyl (C=O) groups excluding carboxylic acids is 1. The van der Waals surface area contributed by atoms with Crippen molar-refractivity contribution in [2.75, 3.05) is 11.1 Å². The Kier molecular flexibility index (Phi) is 3.07. The van der Waals surface area contributed by atoms with Crippen LogP contribution in [0.4, 0.5) is 5.82 Å². The van der Waals surface area contributed by atoms with E-state index in [1.54, 1.807) is 24.2 Å². The molecule has 22 heavy (non-hydrogen) atoms. The Labute approximate surface area is 130 Å². The molecule has 0 fully saturated rings. The highest BCUT2D eigenvalue weighted by atomic mass is 32.2. The number of H-pyrrole nitrogens is 1. The van der Waals surface area contributed by atoms with E-state index in [2.05, 4.69) is 25.5 Å². The second kappa shape index (κ2) is 5.10. The Morgan fingerprint density at radius 3 is 2.91 bits per heavy atom. The Balaban J connectivity index is 1.86. The first kappa shape index (κ1) is 13.3. The summed E-state index contributed by atoms with van der Waals surface area (Å²) < 4.78 is 0. The topological polar surface area (TPSA) is 83.6 Å². The summed E-state index contributed by atoms with van der Waals surface area (Å²) in [7, 11) is 0. The number of aromatic nitrogens is 4. The number of thioether (sulfide) groups is 1. The number of hydrogen-bond acceptors (Lipinski definition) is 5. The van der Waals surface area contributed by atoms with Gasteiger partial charge in [-0.25, -0.2) is 0 Å². The lowest BCUT2D eigenvalue weighted by Gasteiger charge is -2.15. The Bertz CT molecular complexity index is 875. The highest BCUT2D eigenvalue weighted by Gasteiger charge is 2.28. The molecule has 4 rings (SSSR count). The molecule has 1 aliphatic heterocycles. The number of aromatic amines is 1. The van der Waals surface area contributed by atoms with Gasteiger partial charge in [0, 0.05) is 23.7 Å². The van der Waals surface area contributed by atoms with E-state index in [0.29, 0.717) is 11.6 Å². The average molecular weight is 311 g/mol. The van der Waals surface area contributed by atoms with Gasteiger partial charge in [0.1, 0.15) is 0 Å². The normalized spacial score (nSPS) is 17.9. The lowest BCUT2D eigenvalue weighted by molar-refractivity contribution is -0.113. The first-order valence-electron chi connectivity index (χ1n) is 6.89. The van der Waals surface area contributed by atoms with Gasteiger partial charge in [-0.15, -0.1) is 11.8 Å². The monoisotopic (exact) mass is 311 g/mol. The molecule has 110 valence electrons. The van der Waals surface area contributed by atoms with E-state index in [4.69, 9.17) is 0 Å². The van der Waals surface area contributed by atoms with Crippen LogP contribution < -0.4 is 5.32 Å². The van der Waals surface area contributed by atoms with Crippen LogP contribution in [0.3, 0.4) is 0 Å². The van der Waals surface area contributed by atoms with Crippen LogP contribution in [0.1, 0.15) is 22.1 Å². The van der Waals surface area contributed by atoms with Gasteiger partial charge in [-0.2, -0.15) is 5.10 Å². The maximum atomic E-state index is 11.8. The number of amides is 1. The zero-order valence-electron chi connectivity index (χ0n) is 11.8. The summed E-state index contributed by atoms with van der Waals surface area (Å²) in [5.41, 5.74) is 4.81. The minimum atomic E-state index is -0.0270. The summed E-state index contributed by atoms with van der Waals surface area (Å²) in [6.45, 7) is 1.97. The summed E-state index contributed by atoms with van der Waals surface area (Å²) in [5, 5.41) is 10.1. The lowest BCUT2D eigenvalue weighted by Crippen LogP contribution is -2.12. The number of rotatable bonds is 1. The fraction of sp³-hybridized carbons (Fsp3) is 0.200. The molecular formula is C15H13N5OS. The van der Waals surface area contributed by atoms with Gasteiger partial charge in [-0.3, -0.25) is 19.9 Å². The minimum absolute atomic E-state index is 0.0270. The van der Waals surface area contributed by atoms with E-state index >= 15 is 0 Å². The van der Waals surface area contributed by atoms with Crippen molar-refractivity contribution in [3.63, 3.8) is 0 Å². The van der Waals surface area contributed by atoms with Gasteiger partial charge in [-0.05, 0) is 24.6 Å². The molecule has 1 aliphatic rings. The minimum Gasteiger partial charge on any atom is -0.308 e. The molecule has 1 amide bonds. The summed E-state index contributed by atoms with van der Waals surface area (Å²) in [5.74, 6) is 0.997. The maximum Gasteiger partial charge on any atom is 0.235 e. The van der Waals surface area contributed by atoms with Crippen LogP contribution in [-0.4, -0.2) is 31.8 Å². The summed E-state index contributed by atoms with van der Waals surface area (Å²) in [6, 6.07) is 6.04. The smallest absolute Gasteiger partial charge is 0.235 e. The number of aryl methyl sites for hydroxylation is 1. The number of anilines is 1. The molecule has 2 aromatic heterocycles. The number of nitrogens with one attached hydrogen (secondary N) is 2. The second-order valence-corrected chi connectivity index (χ2v) is 6.25. The van der Waals surface area contributed by atoms with Gasteiger partial charge in [-0.1, -0.05) is 6.07 Å². The zero-order valence-corrected chi connectivity index (χ0v) is 12.6. The number of benzene rings is 1. The predicted octanol–water partition coefficient (Wildman–Crippen LogP) is 2.44. The van der Waals surface area contributed by atoms with Crippen molar-refractivity contribution in [1.29, 1.82) is 0 Å². The first-order chi connectivity index (χ1) is 10.7. The van der Waals surface area contributed by atoms with Gasteiger partial charge in [0.2, 0.25) is 5.91 Å². The number of nitrogens with zero attached hydrogens (tertiary/aromatic N) is 3. The molecule has 0 bridgehead atoms. The van der Waals surface area contributed by atoms with Gasteiger partial charge in [0.05, 0.1) is 22.0 Å². The lowest BCUT2D eigenvalue weighted by atomic mass is 10.0. The number of fused-ring (bicyclic) bond motifs is 2. The molecule has 6 nitrogen and oxygen atoms in total. The van der Waals surface area contributed by atoms with Gasteiger partial charge in [0.25, 0.3) is 0 Å². The van der Waals surface area contributed by atoms with E-state index in [0.717, 1.165) is 27.9 Å². The molecule has 1 unspecified atom stereocenters. The maximum absolute atomic E-state index is 11.8. The van der Waals surface area contributed by atoms with E-state index in [9.17, 15) is 4.79 Å². The highest BCUT2D eigenvalue weighted by molar-refractivity contribution is 8.00. The standard InChI is InChI=1S/C15H13N5OS/c1-8-13-14(22-7-12(21)18-15(13)20-19-8)9-2-3-10-11(6-9)17-5-4-16-10/h2-6,14H,7H2,1H3,(H2,18,19,20,21). The molecule has 0 spiro atoms. The van der Waals surface area contributed by atoms with Gasteiger partial charge in [0.15, 0.2) is 5.82 Å². The van der Waals surface area contributed by atoms with Crippen molar-refractivity contribution in [3.8, 4) is 0 Å². The summed E-state index contributed by atoms with van der Waals surface area (Å²) >= 11 is 1.60. The van der Waals surface area contributed by atoms with E-state index in [1.807, 2.05) is 25.1 Å². The fourth-order valence-corrected chi connectivity index (χ4v) is 3.86. The van der Waals surface area contributed by atoms with Crippen LogP contribution in [-0.2, 0) is 4.79 Å². The third-order valence-electron chi connectivity index (χ3n) is 3.69. The van der Waals surface area contributed by atoms with Crippen molar-refractivity contribution >= 4 is 34.5 Å². The Morgan fingerprint density at radius 1 is 1.23 bits per heavy atom. The molecule has 0 saturated carbocycles. The predicted molar refractivity (Wildman–Crippen MR) is 85.8 cm³/mol. The molecule has 0 aliphatic carbocycles. The summed E-state index contributed by atoms with van der Waals surface area (Å²) in [4.78, 5) is 20.5. The van der Waals surface area contributed by atoms with E-state index < -0.39 is 0 Å². The van der Waals surface area contributed by atoms with Crippen LogP contribution >= 0.6 is 11.8 Å². The first-order valence-corrected chi connectivity index (χ1v) is 7.94. The van der Waals surface area contributed by atoms with Crippen LogP contribution in [0.2, 0.25) is 0 Å². The van der Waals surface area contributed by atoms with Crippen molar-refractivity contribution in [2.24, 2.45) is 0 Å². The summed E-state index contributed by atoms with van der Waals surface area (Å²) in [6.07, 6.45) is 3.37. The molecule has 0 saturated heterocycles. The third kappa shape index (κ3) is 2.14. The van der Waals surface area contributed by atoms with Crippen molar-refractivity contribution < 1.29 is 4.79 Å². The van der Waals surface area contributed by atoms with Crippen LogP contribution in [0.25, 0.3) is 11.0 Å². The Hall–Kier alpha value is -2.41. The molecule has 3 aromatic rings. The molecule has 0 radical (unpaired) electrons. The zero-order chi connectivity index (χ0) is 15.1. The third-order valence-corrected chi connectivity index (χ3v) is 4.96. The molecule has 1 aromatic carbocycles. The van der Waals surface area contributed by atoms with Crippen molar-refractivity contribution in [3.05, 3.63) is 47.4 Å². The molecule has 7 heteroatoms. The van der Waals surface area contributed by atoms with Gasteiger partial charge < -0.3 is 5.32 Å². The average Bonchev–Trinajstić information content (AvgIpc) is 2.79. The van der Waals surface area contributed by atoms with E-state index in [-0.39, 0.29) is 11.2 Å². The number of hydrogen-bond donors (Lipinski definition) is 2. The molecular weight excluding hydrogens is 298 g/mol. The highest BCUT2D eigenvalue weighted by Crippen LogP contribution is 2.42. The van der Waals surface area contributed by atoms with Crippen LogP contribution in [0, 0.1) is 6.92 Å². The quantitative estimate of drug-likeness (QED) is 0.721. The molecule has 3 heterocycles. The van der Waals surface area contributed by atoms with E-state index in [1.165, 1.54) is 0 Å². The van der Waals surface area contributed by atoms with Crippen LogP contribution in [0.15, 0.2) is 30.6 Å². The Morgan fingerprint density at radius 2 is 2.05 bits per heavy atom. The SMILES string of the molecule is Cc1[nH]nc2c1C(c1ccc3nccnc3c1)SCC(=O)N2. The fourth-order valence-electron chi connectivity index (χ4n) is 2.67. The van der Waals surface area contributed by atoms with Crippen LogP contribution in [0.5, 0.6) is 0 Å². The second-order valence-electron chi connectivity index (χ2n) is 5.15. The van der Waals surface area contributed by atoms with Crippen molar-refractivity contribution in [1.82, 2.24) is 20.2 Å². The molecule has 1 atom stereocenters.